The molecule has 1 fully saturated rings. The maximum Gasteiger partial charge on any atom is 0.368 e. The van der Waals surface area contributed by atoms with E-state index in [2.05, 4.69) is 11.5 Å². The molecule has 0 amide bonds. The summed E-state index contributed by atoms with van der Waals surface area (Å²) in [7, 11) is 0. The highest BCUT2D eigenvalue weighted by molar-refractivity contribution is 5.86. The van der Waals surface area contributed by atoms with E-state index in [-0.39, 0.29) is 0 Å². The fourth-order valence-electron chi connectivity index (χ4n) is 1.02. The Balaban J connectivity index is 2.33. The van der Waals surface area contributed by atoms with Crippen LogP contribution in [0.4, 0.5) is 0 Å². The van der Waals surface area contributed by atoms with Crippen molar-refractivity contribution in [3.63, 3.8) is 0 Å². The van der Waals surface area contributed by atoms with Crippen molar-refractivity contribution in [2.45, 2.75) is 32.5 Å². The summed E-state index contributed by atoms with van der Waals surface area (Å²) in [5.74, 6) is -1.33. The zero-order valence-corrected chi connectivity index (χ0v) is 7.96. The van der Waals surface area contributed by atoms with E-state index in [1.165, 1.54) is 0 Å². The summed E-state index contributed by atoms with van der Waals surface area (Å²) in [6.45, 7) is 7.37. The minimum Gasteiger partial charge on any atom is -0.347 e. The van der Waals surface area contributed by atoms with E-state index < -0.39 is 11.8 Å². The van der Waals surface area contributed by atoms with Gasteiger partial charge in [-0.2, -0.15) is 0 Å². The number of rotatable bonds is 3. The summed E-state index contributed by atoms with van der Waals surface area (Å²) in [6, 6.07) is 0. The zero-order valence-electron chi connectivity index (χ0n) is 7.96. The van der Waals surface area contributed by atoms with Crippen LogP contribution in [-0.4, -0.2) is 18.4 Å². The summed E-state index contributed by atoms with van der Waals surface area (Å²) in [4.78, 5) is 20.3. The molecule has 0 N–H and O–H groups in total. The molecule has 1 aliphatic rings. The highest BCUT2D eigenvalue weighted by Crippen LogP contribution is 2.26. The molecule has 1 atom stereocenters. The average Bonchev–Trinajstić information content (AvgIpc) is 2.48. The van der Waals surface area contributed by atoms with Gasteiger partial charge in [0, 0.05) is 12.0 Å². The lowest BCUT2D eigenvalue weighted by molar-refractivity contribution is -0.385. The van der Waals surface area contributed by atoms with Crippen molar-refractivity contribution in [1.82, 2.24) is 0 Å². The maximum absolute atomic E-state index is 10.9. The van der Waals surface area contributed by atoms with Gasteiger partial charge in [0.2, 0.25) is 5.79 Å². The first kappa shape index (κ1) is 10.2. The van der Waals surface area contributed by atoms with Crippen LogP contribution in [-0.2, 0) is 19.3 Å². The van der Waals surface area contributed by atoms with Crippen LogP contribution in [0.15, 0.2) is 12.2 Å². The molecule has 0 aliphatic carbocycles. The Morgan fingerprint density at radius 3 is 2.77 bits per heavy atom. The van der Waals surface area contributed by atoms with E-state index in [9.17, 15) is 4.79 Å². The van der Waals surface area contributed by atoms with Gasteiger partial charge in [0.15, 0.2) is 0 Å². The molecular formula is C9H14O4. The Morgan fingerprint density at radius 1 is 1.62 bits per heavy atom. The fraction of sp³-hybridized carbons (Fsp3) is 0.667. The minimum absolute atomic E-state index is 0.307. The van der Waals surface area contributed by atoms with Crippen LogP contribution >= 0.6 is 0 Å². The lowest BCUT2D eigenvalue weighted by atomic mass is 10.2. The van der Waals surface area contributed by atoms with Gasteiger partial charge in [-0.1, -0.05) is 6.58 Å². The first-order valence-corrected chi connectivity index (χ1v) is 4.23. The van der Waals surface area contributed by atoms with Gasteiger partial charge in [-0.15, -0.1) is 4.89 Å². The molecule has 0 aromatic carbocycles. The predicted molar refractivity (Wildman–Crippen MR) is 45.6 cm³/mol. The molecule has 74 valence electrons. The first-order valence-electron chi connectivity index (χ1n) is 4.23. The van der Waals surface area contributed by atoms with Crippen molar-refractivity contribution in [3.05, 3.63) is 12.2 Å². The lowest BCUT2D eigenvalue weighted by Crippen LogP contribution is -2.28. The molecule has 1 saturated heterocycles. The van der Waals surface area contributed by atoms with Crippen LogP contribution in [0.5, 0.6) is 0 Å². The molecular weight excluding hydrogens is 172 g/mol. The van der Waals surface area contributed by atoms with Gasteiger partial charge in [-0.3, -0.25) is 4.89 Å². The lowest BCUT2D eigenvalue weighted by Gasteiger charge is -2.20. The Bertz CT molecular complexity index is 216. The summed E-state index contributed by atoms with van der Waals surface area (Å²) in [5.41, 5.74) is 0.307. The molecule has 0 saturated carbocycles. The van der Waals surface area contributed by atoms with Gasteiger partial charge in [0.1, 0.15) is 0 Å². The summed E-state index contributed by atoms with van der Waals surface area (Å²) < 4.78 is 5.24. The van der Waals surface area contributed by atoms with E-state index in [4.69, 9.17) is 9.62 Å². The van der Waals surface area contributed by atoms with Crippen LogP contribution < -0.4 is 0 Å². The molecule has 1 heterocycles. The fourth-order valence-corrected chi connectivity index (χ4v) is 1.02. The smallest absolute Gasteiger partial charge is 0.347 e. The third-order valence-electron chi connectivity index (χ3n) is 1.82. The molecule has 0 radical (unpaired) electrons. The van der Waals surface area contributed by atoms with Crippen molar-refractivity contribution in [1.29, 1.82) is 0 Å². The van der Waals surface area contributed by atoms with E-state index in [0.717, 1.165) is 12.8 Å². The molecule has 0 aromatic rings. The molecule has 0 aromatic heterocycles. The molecule has 0 spiro atoms. The van der Waals surface area contributed by atoms with Gasteiger partial charge in [0.05, 0.1) is 6.61 Å². The van der Waals surface area contributed by atoms with Gasteiger partial charge >= 0.3 is 5.97 Å². The van der Waals surface area contributed by atoms with E-state index in [1.807, 2.05) is 0 Å². The van der Waals surface area contributed by atoms with Crippen LogP contribution in [0.25, 0.3) is 0 Å². The zero-order chi connectivity index (χ0) is 9.90. The monoisotopic (exact) mass is 186 g/mol. The number of carbonyl (C=O) groups is 1. The van der Waals surface area contributed by atoms with Crippen molar-refractivity contribution >= 4 is 5.97 Å². The summed E-state index contributed by atoms with van der Waals surface area (Å²) >= 11 is 0. The number of hydrogen-bond donors (Lipinski definition) is 0. The Morgan fingerprint density at radius 2 is 2.31 bits per heavy atom. The van der Waals surface area contributed by atoms with Crippen molar-refractivity contribution < 1.29 is 19.3 Å². The second kappa shape index (κ2) is 3.89. The highest BCUT2D eigenvalue weighted by atomic mass is 17.2. The van der Waals surface area contributed by atoms with Gasteiger partial charge < -0.3 is 4.74 Å². The summed E-state index contributed by atoms with van der Waals surface area (Å²) in [5, 5.41) is 0. The SMILES string of the molecule is C=C(C)C(=O)OOC1(C)CCCO1. The largest absolute Gasteiger partial charge is 0.368 e. The van der Waals surface area contributed by atoms with E-state index >= 15 is 0 Å². The molecule has 1 aliphatic heterocycles. The Kier molecular flexibility index (Phi) is 3.06. The standard InChI is InChI=1S/C9H14O4/c1-7(2)8(10)12-13-9(3)5-4-6-11-9/h1,4-6H2,2-3H3. The summed E-state index contributed by atoms with van der Waals surface area (Å²) in [6.07, 6.45) is 1.65. The Hall–Kier alpha value is -0.870. The van der Waals surface area contributed by atoms with Gasteiger partial charge in [0.25, 0.3) is 0 Å². The first-order chi connectivity index (χ1) is 6.03. The number of hydrogen-bond acceptors (Lipinski definition) is 4. The predicted octanol–water partition coefficient (Wildman–Crippen LogP) is 1.56. The molecule has 0 bridgehead atoms. The third-order valence-corrected chi connectivity index (χ3v) is 1.82. The van der Waals surface area contributed by atoms with Crippen molar-refractivity contribution in [3.8, 4) is 0 Å². The molecule has 4 heteroatoms. The average molecular weight is 186 g/mol. The highest BCUT2D eigenvalue weighted by Gasteiger charge is 2.33. The maximum atomic E-state index is 10.9. The second-order valence-electron chi connectivity index (χ2n) is 3.32. The number of ether oxygens (including phenoxy) is 1. The quantitative estimate of drug-likeness (QED) is 0.381. The van der Waals surface area contributed by atoms with Gasteiger partial charge in [-0.05, 0) is 20.3 Å². The van der Waals surface area contributed by atoms with E-state index in [1.54, 1.807) is 13.8 Å². The molecule has 1 rings (SSSR count). The normalized spacial score (nSPS) is 27.2. The number of carbonyl (C=O) groups excluding carboxylic acids is 1. The van der Waals surface area contributed by atoms with Crippen LogP contribution in [0.1, 0.15) is 26.7 Å². The third kappa shape index (κ3) is 2.82. The second-order valence-corrected chi connectivity index (χ2v) is 3.32. The van der Waals surface area contributed by atoms with Crippen LogP contribution in [0.2, 0.25) is 0 Å². The minimum atomic E-state index is -0.773. The topological polar surface area (TPSA) is 44.8 Å². The molecule has 1 unspecified atom stereocenters. The van der Waals surface area contributed by atoms with Crippen molar-refractivity contribution in [2.24, 2.45) is 0 Å². The molecule has 4 nitrogen and oxygen atoms in total. The Labute approximate surface area is 77.4 Å². The van der Waals surface area contributed by atoms with Gasteiger partial charge in [-0.25, -0.2) is 4.79 Å². The van der Waals surface area contributed by atoms with Crippen molar-refractivity contribution in [2.75, 3.05) is 6.61 Å². The molecule has 13 heavy (non-hydrogen) atoms. The van der Waals surface area contributed by atoms with Crippen LogP contribution in [0, 0.1) is 0 Å². The van der Waals surface area contributed by atoms with Crippen LogP contribution in [0.3, 0.4) is 0 Å². The van der Waals surface area contributed by atoms with E-state index in [0.29, 0.717) is 12.2 Å².